The molecule has 1 amide bonds. The number of oxazole rings is 1. The maximum atomic E-state index is 13.0. The second kappa shape index (κ2) is 7.73. The first kappa shape index (κ1) is 20.4. The van der Waals surface area contributed by atoms with Crippen LogP contribution in [0.1, 0.15) is 16.7 Å². The number of carbonyl (C=O) groups excluding carboxylic acids is 1. The van der Waals surface area contributed by atoms with Crippen LogP contribution < -0.4 is 10.9 Å². The number of H-pyrrole nitrogens is 1. The number of fused-ring (bicyclic) bond motifs is 1. The molecular formula is C20H11F3N4O3S. The third kappa shape index (κ3) is 4.06. The highest BCUT2D eigenvalue weighted by atomic mass is 32.1. The highest BCUT2D eigenvalue weighted by Crippen LogP contribution is 2.36. The topological polar surface area (TPSA) is 112 Å². The number of rotatable bonds is 4. The van der Waals surface area contributed by atoms with Gasteiger partial charge in [0.25, 0.3) is 5.56 Å². The van der Waals surface area contributed by atoms with Crippen LogP contribution in [0.15, 0.2) is 51.3 Å². The van der Waals surface area contributed by atoms with Crippen LogP contribution in [0.25, 0.3) is 22.4 Å². The number of amides is 1. The van der Waals surface area contributed by atoms with E-state index in [1.54, 1.807) is 0 Å². The number of anilines is 1. The van der Waals surface area contributed by atoms with Gasteiger partial charge in [0.1, 0.15) is 17.3 Å². The molecule has 0 aliphatic carbocycles. The van der Waals surface area contributed by atoms with Gasteiger partial charge in [-0.25, -0.2) is 4.98 Å². The zero-order valence-electron chi connectivity index (χ0n) is 15.4. The molecular weight excluding hydrogens is 433 g/mol. The number of halogens is 3. The molecule has 0 saturated heterocycles. The summed E-state index contributed by atoms with van der Waals surface area (Å²) in [6, 6.07) is 6.19. The van der Waals surface area contributed by atoms with Crippen LogP contribution in [0.5, 0.6) is 0 Å². The number of alkyl halides is 3. The number of nitrogens with zero attached hydrogens (tertiary/aromatic N) is 2. The van der Waals surface area contributed by atoms with E-state index in [1.165, 1.54) is 30.0 Å². The molecule has 4 aromatic rings. The van der Waals surface area contributed by atoms with Crippen molar-refractivity contribution in [1.82, 2.24) is 9.97 Å². The molecule has 0 radical (unpaired) electrons. The minimum Gasteiger partial charge on any atom is -0.444 e. The molecule has 0 fully saturated rings. The summed E-state index contributed by atoms with van der Waals surface area (Å²) in [6.45, 7) is 0. The molecule has 0 saturated carbocycles. The SMILES string of the molecule is N#Cc1csc(NC(=O)Cc2cc3cc(C(F)(F)F)ccc3[nH]c2=O)c1-c1ncco1. The van der Waals surface area contributed by atoms with Crippen molar-refractivity contribution in [3.8, 4) is 17.5 Å². The Bertz CT molecular complexity index is 1380. The average Bonchev–Trinajstić information content (AvgIpc) is 3.36. The van der Waals surface area contributed by atoms with E-state index in [9.17, 15) is 28.0 Å². The Morgan fingerprint density at radius 1 is 1.32 bits per heavy atom. The maximum Gasteiger partial charge on any atom is 0.416 e. The first-order valence-corrected chi connectivity index (χ1v) is 9.58. The van der Waals surface area contributed by atoms with Crippen molar-refractivity contribution in [2.75, 3.05) is 5.32 Å². The Kier molecular flexibility index (Phi) is 5.08. The molecule has 0 spiro atoms. The molecule has 1 aromatic carbocycles. The monoisotopic (exact) mass is 444 g/mol. The lowest BCUT2D eigenvalue weighted by Crippen LogP contribution is -2.21. The van der Waals surface area contributed by atoms with Gasteiger partial charge in [-0.3, -0.25) is 9.59 Å². The summed E-state index contributed by atoms with van der Waals surface area (Å²) >= 11 is 1.08. The standard InChI is InChI=1S/C20H11F3N4O3S/c21-20(22,23)13-1-2-14-10(6-13)5-11(17(29)26-14)7-15(28)27-19-16(12(8-24)9-31-19)18-25-3-4-30-18/h1-6,9H,7H2,(H,26,29)(H,27,28). The fourth-order valence-electron chi connectivity index (χ4n) is 2.99. The second-order valence-electron chi connectivity index (χ2n) is 6.45. The van der Waals surface area contributed by atoms with Crippen molar-refractivity contribution < 1.29 is 22.4 Å². The highest BCUT2D eigenvalue weighted by molar-refractivity contribution is 7.15. The van der Waals surface area contributed by atoms with E-state index < -0.39 is 23.2 Å². The average molecular weight is 444 g/mol. The molecule has 0 aliphatic rings. The first-order valence-electron chi connectivity index (χ1n) is 8.70. The number of benzene rings is 1. The zero-order chi connectivity index (χ0) is 22.2. The molecule has 11 heteroatoms. The summed E-state index contributed by atoms with van der Waals surface area (Å²) in [5, 5.41) is 13.9. The minimum absolute atomic E-state index is 0.000870. The molecule has 4 rings (SSSR count). The summed E-state index contributed by atoms with van der Waals surface area (Å²) in [5.74, 6) is -0.438. The largest absolute Gasteiger partial charge is 0.444 e. The quantitative estimate of drug-likeness (QED) is 0.487. The van der Waals surface area contributed by atoms with Crippen LogP contribution in [0.2, 0.25) is 0 Å². The van der Waals surface area contributed by atoms with Crippen LogP contribution in [0, 0.1) is 11.3 Å². The van der Waals surface area contributed by atoms with E-state index in [-0.39, 0.29) is 34.3 Å². The predicted octanol–water partition coefficient (Wildman–Crippen LogP) is 4.32. The lowest BCUT2D eigenvalue weighted by molar-refractivity contribution is -0.137. The van der Waals surface area contributed by atoms with E-state index in [0.717, 1.165) is 23.5 Å². The van der Waals surface area contributed by atoms with Gasteiger partial charge in [-0.1, -0.05) is 0 Å². The number of nitriles is 1. The third-order valence-corrected chi connectivity index (χ3v) is 5.31. The lowest BCUT2D eigenvalue weighted by Gasteiger charge is -2.09. The summed E-state index contributed by atoms with van der Waals surface area (Å²) in [6.07, 6.45) is -2.20. The molecule has 3 aromatic heterocycles. The van der Waals surface area contributed by atoms with Crippen LogP contribution in [0.3, 0.4) is 0 Å². The van der Waals surface area contributed by atoms with Crippen molar-refractivity contribution in [3.63, 3.8) is 0 Å². The van der Waals surface area contributed by atoms with Gasteiger partial charge in [-0.05, 0) is 29.7 Å². The third-order valence-electron chi connectivity index (χ3n) is 4.41. The molecule has 31 heavy (non-hydrogen) atoms. The Morgan fingerprint density at radius 3 is 2.81 bits per heavy atom. The molecule has 0 bridgehead atoms. The Morgan fingerprint density at radius 2 is 2.13 bits per heavy atom. The van der Waals surface area contributed by atoms with E-state index in [0.29, 0.717) is 10.6 Å². The molecule has 7 nitrogen and oxygen atoms in total. The molecule has 2 N–H and O–H groups in total. The van der Waals surface area contributed by atoms with E-state index in [1.807, 2.05) is 6.07 Å². The maximum absolute atomic E-state index is 13.0. The van der Waals surface area contributed by atoms with Crippen LogP contribution in [-0.2, 0) is 17.4 Å². The summed E-state index contributed by atoms with van der Waals surface area (Å²) in [7, 11) is 0. The van der Waals surface area contributed by atoms with Crippen molar-refractivity contribution in [2.45, 2.75) is 12.6 Å². The van der Waals surface area contributed by atoms with Gasteiger partial charge in [0.2, 0.25) is 11.8 Å². The highest BCUT2D eigenvalue weighted by Gasteiger charge is 2.30. The van der Waals surface area contributed by atoms with Crippen LogP contribution in [-0.4, -0.2) is 15.9 Å². The van der Waals surface area contributed by atoms with Crippen LogP contribution in [0.4, 0.5) is 18.2 Å². The van der Waals surface area contributed by atoms with Gasteiger partial charge in [-0.15, -0.1) is 11.3 Å². The van der Waals surface area contributed by atoms with Gasteiger partial charge in [-0.2, -0.15) is 18.4 Å². The minimum atomic E-state index is -4.53. The molecule has 156 valence electrons. The Hall–Kier alpha value is -3.91. The van der Waals surface area contributed by atoms with Crippen molar-refractivity contribution >= 4 is 33.1 Å². The Balaban J connectivity index is 1.62. The fourth-order valence-corrected chi connectivity index (χ4v) is 3.89. The summed E-state index contributed by atoms with van der Waals surface area (Å²) < 4.78 is 44.1. The number of nitrogens with one attached hydrogen (secondary N) is 2. The van der Waals surface area contributed by atoms with Gasteiger partial charge >= 0.3 is 6.18 Å². The van der Waals surface area contributed by atoms with Crippen LogP contribution >= 0.6 is 11.3 Å². The van der Waals surface area contributed by atoms with Gasteiger partial charge in [0.15, 0.2) is 0 Å². The zero-order valence-corrected chi connectivity index (χ0v) is 16.2. The molecule has 0 aliphatic heterocycles. The smallest absolute Gasteiger partial charge is 0.416 e. The molecule has 0 atom stereocenters. The number of carbonyl (C=O) groups is 1. The van der Waals surface area contributed by atoms with E-state index in [2.05, 4.69) is 15.3 Å². The fraction of sp³-hybridized carbons (Fsp3) is 0.100. The van der Waals surface area contributed by atoms with E-state index >= 15 is 0 Å². The number of thiophene rings is 1. The lowest BCUT2D eigenvalue weighted by atomic mass is 10.1. The summed E-state index contributed by atoms with van der Waals surface area (Å²) in [5.41, 5.74) is -0.650. The Labute approximate surface area is 175 Å². The number of pyridine rings is 1. The summed E-state index contributed by atoms with van der Waals surface area (Å²) in [4.78, 5) is 31.3. The number of aromatic nitrogens is 2. The van der Waals surface area contributed by atoms with Crippen molar-refractivity contribution in [1.29, 1.82) is 5.26 Å². The number of aromatic amines is 1. The molecule has 0 unspecified atom stereocenters. The normalized spacial score (nSPS) is 11.4. The number of hydrogen-bond acceptors (Lipinski definition) is 6. The van der Waals surface area contributed by atoms with Gasteiger partial charge in [0, 0.05) is 16.5 Å². The van der Waals surface area contributed by atoms with Gasteiger partial charge in [0.05, 0.1) is 29.3 Å². The van der Waals surface area contributed by atoms with E-state index in [4.69, 9.17) is 4.42 Å². The predicted molar refractivity (Wildman–Crippen MR) is 106 cm³/mol. The second-order valence-corrected chi connectivity index (χ2v) is 7.33. The first-order chi connectivity index (χ1) is 14.8. The molecule has 3 heterocycles. The number of hydrogen-bond donors (Lipinski definition) is 2. The van der Waals surface area contributed by atoms with Crippen molar-refractivity contribution in [2.24, 2.45) is 0 Å². The van der Waals surface area contributed by atoms with Crippen molar-refractivity contribution in [3.05, 3.63) is 69.1 Å². The van der Waals surface area contributed by atoms with Gasteiger partial charge < -0.3 is 14.7 Å².